The van der Waals surface area contributed by atoms with Crippen molar-refractivity contribution in [3.8, 4) is 0 Å². The van der Waals surface area contributed by atoms with Crippen LogP contribution in [0.3, 0.4) is 0 Å². The number of carbonyl (C=O) groups excluding carboxylic acids is 2. The number of carbonyl (C=O) groups is 2. The van der Waals surface area contributed by atoms with E-state index in [1.807, 2.05) is 82.6 Å². The van der Waals surface area contributed by atoms with Crippen LogP contribution in [0.1, 0.15) is 20.7 Å². The lowest BCUT2D eigenvalue weighted by Gasteiger charge is -2.40. The van der Waals surface area contributed by atoms with Gasteiger partial charge in [-0.3, -0.25) is 9.59 Å². The number of hydrogen-bond donors (Lipinski definition) is 0. The molecule has 1 heterocycles. The van der Waals surface area contributed by atoms with E-state index in [0.29, 0.717) is 24.2 Å². The van der Waals surface area contributed by atoms with Crippen LogP contribution in [0.15, 0.2) is 84.9 Å². The molecule has 1 aliphatic carbocycles. The molecule has 4 heteroatoms. The van der Waals surface area contributed by atoms with Crippen LogP contribution >= 0.6 is 0 Å². The molecule has 0 amide bonds. The van der Waals surface area contributed by atoms with Gasteiger partial charge in [0.25, 0.3) is 0 Å². The summed E-state index contributed by atoms with van der Waals surface area (Å²) in [5.74, 6) is -0.290. The normalized spacial score (nSPS) is 17.6. The number of benzene rings is 3. The van der Waals surface area contributed by atoms with Crippen molar-refractivity contribution in [3.63, 3.8) is 0 Å². The lowest BCUT2D eigenvalue weighted by molar-refractivity contribution is 0.0807. The van der Waals surface area contributed by atoms with Crippen molar-refractivity contribution >= 4 is 22.9 Å². The Labute approximate surface area is 157 Å². The van der Waals surface area contributed by atoms with Gasteiger partial charge in [-0.1, -0.05) is 60.7 Å². The average Bonchev–Trinajstić information content (AvgIpc) is 3.24. The smallest absolute Gasteiger partial charge is 0.243 e. The second kappa shape index (κ2) is 5.81. The first-order chi connectivity index (χ1) is 13.2. The molecule has 0 saturated carbocycles. The maximum atomic E-state index is 13.7. The molecule has 2 aliphatic rings. The second-order valence-electron chi connectivity index (χ2n) is 6.85. The van der Waals surface area contributed by atoms with Crippen molar-refractivity contribution in [2.75, 3.05) is 22.9 Å². The first-order valence-corrected chi connectivity index (χ1v) is 9.08. The molecule has 3 aromatic rings. The fraction of sp³-hybridized carbons (Fsp3) is 0.130. The Morgan fingerprint density at radius 3 is 1.33 bits per heavy atom. The lowest BCUT2D eigenvalue weighted by atomic mass is 9.99. The molecular weight excluding hydrogens is 336 g/mol. The Bertz CT molecular complexity index is 946. The van der Waals surface area contributed by atoms with Crippen LogP contribution in [0.4, 0.5) is 11.4 Å². The summed E-state index contributed by atoms with van der Waals surface area (Å²) in [6.07, 6.45) is 0. The van der Waals surface area contributed by atoms with E-state index < -0.39 is 5.66 Å². The molecule has 0 radical (unpaired) electrons. The zero-order valence-electron chi connectivity index (χ0n) is 14.7. The van der Waals surface area contributed by atoms with Gasteiger partial charge in [-0.15, -0.1) is 0 Å². The largest absolute Gasteiger partial charge is 0.334 e. The summed E-state index contributed by atoms with van der Waals surface area (Å²) < 4.78 is 0. The lowest BCUT2D eigenvalue weighted by Crippen LogP contribution is -2.62. The quantitative estimate of drug-likeness (QED) is 0.657. The number of fused-ring (bicyclic) bond motifs is 1. The molecule has 132 valence electrons. The molecule has 0 aromatic heterocycles. The van der Waals surface area contributed by atoms with Crippen molar-refractivity contribution in [2.45, 2.75) is 5.66 Å². The van der Waals surface area contributed by atoms with Crippen LogP contribution in [-0.4, -0.2) is 30.3 Å². The third-order valence-corrected chi connectivity index (χ3v) is 5.51. The molecule has 1 fully saturated rings. The van der Waals surface area contributed by atoms with Crippen LogP contribution in [0.2, 0.25) is 0 Å². The Kier molecular flexibility index (Phi) is 3.41. The fourth-order valence-corrected chi connectivity index (χ4v) is 4.37. The minimum atomic E-state index is -1.35. The van der Waals surface area contributed by atoms with Crippen LogP contribution in [0, 0.1) is 0 Å². The van der Waals surface area contributed by atoms with E-state index in [2.05, 4.69) is 0 Å². The Hall–Kier alpha value is -3.40. The van der Waals surface area contributed by atoms with E-state index in [9.17, 15) is 9.59 Å². The minimum Gasteiger partial charge on any atom is -0.334 e. The maximum Gasteiger partial charge on any atom is 0.243 e. The highest BCUT2D eigenvalue weighted by molar-refractivity contribution is 6.36. The van der Waals surface area contributed by atoms with E-state index >= 15 is 0 Å². The summed E-state index contributed by atoms with van der Waals surface area (Å²) in [5.41, 5.74) is 1.42. The van der Waals surface area contributed by atoms with E-state index in [1.54, 1.807) is 12.1 Å². The highest BCUT2D eigenvalue weighted by Crippen LogP contribution is 2.44. The summed E-state index contributed by atoms with van der Waals surface area (Å²) in [7, 11) is 0. The van der Waals surface area contributed by atoms with Gasteiger partial charge in [-0.05, 0) is 24.3 Å². The van der Waals surface area contributed by atoms with Gasteiger partial charge < -0.3 is 9.80 Å². The zero-order valence-corrected chi connectivity index (χ0v) is 14.7. The third kappa shape index (κ3) is 2.04. The Balaban J connectivity index is 1.75. The highest BCUT2D eigenvalue weighted by Gasteiger charge is 2.63. The van der Waals surface area contributed by atoms with Crippen LogP contribution < -0.4 is 9.80 Å². The van der Waals surface area contributed by atoms with Crippen molar-refractivity contribution in [3.05, 3.63) is 96.1 Å². The van der Waals surface area contributed by atoms with E-state index in [-0.39, 0.29) is 11.6 Å². The molecule has 4 nitrogen and oxygen atoms in total. The monoisotopic (exact) mass is 354 g/mol. The first kappa shape index (κ1) is 15.8. The number of rotatable bonds is 2. The van der Waals surface area contributed by atoms with E-state index in [4.69, 9.17) is 0 Å². The Morgan fingerprint density at radius 1 is 0.556 bits per heavy atom. The predicted molar refractivity (Wildman–Crippen MR) is 105 cm³/mol. The summed E-state index contributed by atoms with van der Waals surface area (Å²) in [6, 6.07) is 26.6. The molecule has 0 atom stereocenters. The molecule has 0 bridgehead atoms. The minimum absolute atomic E-state index is 0.145. The molecule has 3 aromatic carbocycles. The number of nitrogens with zero attached hydrogens (tertiary/aromatic N) is 2. The van der Waals surface area contributed by atoms with Gasteiger partial charge in [-0.2, -0.15) is 0 Å². The molecule has 27 heavy (non-hydrogen) atoms. The highest BCUT2D eigenvalue weighted by atomic mass is 16.2. The summed E-state index contributed by atoms with van der Waals surface area (Å²) in [5, 5.41) is 0. The molecule has 1 aliphatic heterocycles. The number of para-hydroxylation sites is 2. The number of hydrogen-bond acceptors (Lipinski definition) is 4. The summed E-state index contributed by atoms with van der Waals surface area (Å²) >= 11 is 0. The number of anilines is 2. The third-order valence-electron chi connectivity index (χ3n) is 5.51. The number of ketones is 2. The van der Waals surface area contributed by atoms with Crippen LogP contribution in [0.25, 0.3) is 0 Å². The van der Waals surface area contributed by atoms with Crippen LogP contribution in [0.5, 0.6) is 0 Å². The SMILES string of the molecule is O=C1c2ccccc2C(=O)C12N(c1ccccc1)CCN2c1ccccc1. The van der Waals surface area contributed by atoms with Gasteiger partial charge in [0.05, 0.1) is 0 Å². The van der Waals surface area contributed by atoms with Crippen LogP contribution in [-0.2, 0) is 0 Å². The molecule has 0 N–H and O–H groups in total. The molecule has 1 saturated heterocycles. The molecular formula is C23H18N2O2. The molecule has 5 rings (SSSR count). The molecule has 0 unspecified atom stereocenters. The van der Waals surface area contributed by atoms with Gasteiger partial charge in [0.1, 0.15) is 0 Å². The van der Waals surface area contributed by atoms with Gasteiger partial charge in [0.15, 0.2) is 0 Å². The topological polar surface area (TPSA) is 40.6 Å². The zero-order chi connectivity index (χ0) is 18.4. The van der Waals surface area contributed by atoms with Gasteiger partial charge >= 0.3 is 0 Å². The Morgan fingerprint density at radius 2 is 0.926 bits per heavy atom. The van der Waals surface area contributed by atoms with Crippen molar-refractivity contribution < 1.29 is 9.59 Å². The fourth-order valence-electron chi connectivity index (χ4n) is 4.37. The van der Waals surface area contributed by atoms with Crippen molar-refractivity contribution in [1.82, 2.24) is 0 Å². The predicted octanol–water partition coefficient (Wildman–Crippen LogP) is 3.79. The van der Waals surface area contributed by atoms with Crippen molar-refractivity contribution in [1.29, 1.82) is 0 Å². The average molecular weight is 354 g/mol. The van der Waals surface area contributed by atoms with Gasteiger partial charge in [0.2, 0.25) is 17.2 Å². The first-order valence-electron chi connectivity index (χ1n) is 9.08. The standard InChI is InChI=1S/C23H18N2O2/c26-21-19-13-7-8-14-20(19)22(27)23(21)24(17-9-3-1-4-10-17)15-16-25(23)18-11-5-2-6-12-18/h1-14H,15-16H2. The van der Waals surface area contributed by atoms with E-state index in [1.165, 1.54) is 0 Å². The van der Waals surface area contributed by atoms with Gasteiger partial charge in [0, 0.05) is 35.6 Å². The summed E-state index contributed by atoms with van der Waals surface area (Å²) in [4.78, 5) is 31.3. The van der Waals surface area contributed by atoms with Crippen molar-refractivity contribution in [2.24, 2.45) is 0 Å². The van der Waals surface area contributed by atoms with E-state index in [0.717, 1.165) is 11.4 Å². The number of Topliss-reactive ketones (excluding diaryl/α,β-unsaturated/α-hetero) is 2. The maximum absolute atomic E-state index is 13.7. The second-order valence-corrected chi connectivity index (χ2v) is 6.85. The molecule has 1 spiro atoms. The summed E-state index contributed by atoms with van der Waals surface area (Å²) in [6.45, 7) is 1.20. The van der Waals surface area contributed by atoms with Gasteiger partial charge in [-0.25, -0.2) is 0 Å².